The highest BCUT2D eigenvalue weighted by atomic mass is 32.1. The molecule has 0 saturated carbocycles. The number of aromatic nitrogens is 2. The van der Waals surface area contributed by atoms with Crippen molar-refractivity contribution in [3.8, 4) is 6.07 Å². The van der Waals surface area contributed by atoms with Gasteiger partial charge in [-0.25, -0.2) is 9.78 Å². The number of piperidine rings is 1. The molecule has 2 atom stereocenters. The number of benzene rings is 1. The van der Waals surface area contributed by atoms with E-state index >= 15 is 0 Å². The Morgan fingerprint density at radius 3 is 2.78 bits per heavy atom. The number of hydrogen-bond donors (Lipinski definition) is 3. The van der Waals surface area contributed by atoms with Gasteiger partial charge in [0.15, 0.2) is 0 Å². The second-order valence-corrected chi connectivity index (χ2v) is 10.2. The minimum atomic E-state index is -1.13. The molecule has 2 aromatic heterocycles. The van der Waals surface area contributed by atoms with Crippen LogP contribution in [0.3, 0.4) is 0 Å². The number of rotatable bonds is 7. The van der Waals surface area contributed by atoms with E-state index in [0.29, 0.717) is 30.2 Å². The number of amides is 1. The van der Waals surface area contributed by atoms with Crippen LogP contribution in [0.25, 0.3) is 10.2 Å². The van der Waals surface area contributed by atoms with Crippen LogP contribution in [0.4, 0.5) is 5.95 Å². The first kappa shape index (κ1) is 25.3. The average molecular weight is 509 g/mol. The van der Waals surface area contributed by atoms with E-state index in [-0.39, 0.29) is 39.8 Å². The van der Waals surface area contributed by atoms with Crippen molar-refractivity contribution < 1.29 is 14.7 Å². The standard InChI is InChI=1S/C25H28N6O4S/c1-14(2)19(24(34)35)28-22(32)18-13-36-21-20(18)29-25(30-9-5-8-17(27)12-30)31(23(21)33)11-16-7-4-3-6-15(16)10-26/h3-4,6-7,13-14,17,19H,5,8-9,11-12,27H2,1-2H3,(H,28,32)(H,34,35)/t17-,19?/m1/s1. The molecular weight excluding hydrogens is 480 g/mol. The highest BCUT2D eigenvalue weighted by Crippen LogP contribution is 2.27. The largest absolute Gasteiger partial charge is 0.480 e. The Morgan fingerprint density at radius 1 is 1.36 bits per heavy atom. The second-order valence-electron chi connectivity index (χ2n) is 9.28. The second kappa shape index (κ2) is 10.5. The van der Waals surface area contributed by atoms with E-state index in [1.165, 1.54) is 9.95 Å². The zero-order valence-electron chi connectivity index (χ0n) is 20.1. The molecule has 0 radical (unpaired) electrons. The van der Waals surface area contributed by atoms with Crippen LogP contribution < -0.4 is 21.5 Å². The predicted molar refractivity (Wildman–Crippen MR) is 137 cm³/mol. The molecule has 4 rings (SSSR count). The van der Waals surface area contributed by atoms with Gasteiger partial charge in [0, 0.05) is 24.5 Å². The summed E-state index contributed by atoms with van der Waals surface area (Å²) in [6.45, 7) is 4.70. The van der Waals surface area contributed by atoms with Gasteiger partial charge >= 0.3 is 5.97 Å². The Morgan fingerprint density at radius 2 is 2.11 bits per heavy atom. The topological polar surface area (TPSA) is 154 Å². The molecule has 3 heterocycles. The molecule has 1 aromatic carbocycles. The lowest BCUT2D eigenvalue weighted by Gasteiger charge is -2.33. The van der Waals surface area contributed by atoms with Crippen molar-refractivity contribution in [2.75, 3.05) is 18.0 Å². The summed E-state index contributed by atoms with van der Waals surface area (Å²) < 4.78 is 1.82. The maximum absolute atomic E-state index is 13.7. The van der Waals surface area contributed by atoms with Crippen LogP contribution in [0.15, 0.2) is 34.4 Å². The molecule has 0 aliphatic carbocycles. The molecule has 188 valence electrons. The molecule has 3 aromatic rings. The zero-order valence-corrected chi connectivity index (χ0v) is 20.9. The quantitative estimate of drug-likeness (QED) is 0.439. The van der Waals surface area contributed by atoms with E-state index < -0.39 is 17.9 Å². The summed E-state index contributed by atoms with van der Waals surface area (Å²) in [4.78, 5) is 45.1. The van der Waals surface area contributed by atoms with Gasteiger partial charge in [-0.15, -0.1) is 11.3 Å². The summed E-state index contributed by atoms with van der Waals surface area (Å²) in [6.07, 6.45) is 1.69. The molecular formula is C25H28N6O4S. The lowest BCUT2D eigenvalue weighted by atomic mass is 10.0. The van der Waals surface area contributed by atoms with Crippen LogP contribution >= 0.6 is 11.3 Å². The highest BCUT2D eigenvalue weighted by molar-refractivity contribution is 7.17. The molecule has 1 fully saturated rings. The SMILES string of the molecule is CC(C)C(NC(=O)c1csc2c(=O)n(Cc3ccccc3C#N)c(N3CCC[C@@H](N)C3)nc12)C(=O)O. The zero-order chi connectivity index (χ0) is 26.0. The van der Waals surface area contributed by atoms with Crippen LogP contribution in [0, 0.1) is 17.2 Å². The monoisotopic (exact) mass is 508 g/mol. The summed E-state index contributed by atoms with van der Waals surface area (Å²) >= 11 is 1.09. The number of carbonyl (C=O) groups excluding carboxylic acids is 1. The number of anilines is 1. The molecule has 11 heteroatoms. The molecule has 1 unspecified atom stereocenters. The van der Waals surface area contributed by atoms with E-state index in [4.69, 9.17) is 10.7 Å². The maximum atomic E-state index is 13.7. The number of carbonyl (C=O) groups is 2. The van der Waals surface area contributed by atoms with E-state index in [9.17, 15) is 24.8 Å². The van der Waals surface area contributed by atoms with Crippen LogP contribution in [0.1, 0.15) is 48.2 Å². The average Bonchev–Trinajstić information content (AvgIpc) is 3.28. The van der Waals surface area contributed by atoms with Crippen LogP contribution in [0.2, 0.25) is 0 Å². The number of nitrogens with two attached hydrogens (primary N) is 1. The van der Waals surface area contributed by atoms with Crippen molar-refractivity contribution >= 4 is 39.4 Å². The van der Waals surface area contributed by atoms with E-state index in [1.54, 1.807) is 32.0 Å². The van der Waals surface area contributed by atoms with Crippen molar-refractivity contribution in [2.24, 2.45) is 11.7 Å². The Labute approximate surface area is 212 Å². The van der Waals surface area contributed by atoms with Gasteiger partial charge in [-0.05, 0) is 30.4 Å². The van der Waals surface area contributed by atoms with Gasteiger partial charge in [-0.3, -0.25) is 14.2 Å². The molecule has 1 aliphatic rings. The summed E-state index contributed by atoms with van der Waals surface area (Å²) in [5.41, 5.74) is 7.42. The van der Waals surface area contributed by atoms with Gasteiger partial charge in [0.1, 0.15) is 16.3 Å². The first-order chi connectivity index (χ1) is 17.2. The Hall–Kier alpha value is -3.75. The first-order valence-corrected chi connectivity index (χ1v) is 12.6. The summed E-state index contributed by atoms with van der Waals surface area (Å²) in [6, 6.07) is 8.08. The Balaban J connectivity index is 1.84. The third kappa shape index (κ3) is 4.96. The van der Waals surface area contributed by atoms with Crippen molar-refractivity contribution in [2.45, 2.75) is 45.3 Å². The number of nitriles is 1. The fraction of sp³-hybridized carbons (Fsp3) is 0.400. The number of nitrogens with zero attached hydrogens (tertiary/aromatic N) is 4. The molecule has 0 bridgehead atoms. The van der Waals surface area contributed by atoms with Crippen LogP contribution in [-0.2, 0) is 11.3 Å². The summed E-state index contributed by atoms with van der Waals surface area (Å²) in [5, 5.41) is 23.1. The van der Waals surface area contributed by atoms with E-state index in [2.05, 4.69) is 11.4 Å². The number of carboxylic acids is 1. The van der Waals surface area contributed by atoms with Crippen molar-refractivity contribution in [3.63, 3.8) is 0 Å². The van der Waals surface area contributed by atoms with Crippen molar-refractivity contribution in [1.82, 2.24) is 14.9 Å². The number of fused-ring (bicyclic) bond motifs is 1. The summed E-state index contributed by atoms with van der Waals surface area (Å²) in [5.74, 6) is -1.68. The first-order valence-electron chi connectivity index (χ1n) is 11.8. The molecule has 36 heavy (non-hydrogen) atoms. The van der Waals surface area contributed by atoms with Gasteiger partial charge < -0.3 is 21.1 Å². The van der Waals surface area contributed by atoms with Gasteiger partial charge in [0.05, 0.1) is 23.7 Å². The van der Waals surface area contributed by atoms with Crippen LogP contribution in [0.5, 0.6) is 0 Å². The highest BCUT2D eigenvalue weighted by Gasteiger charge is 2.28. The number of nitrogens with one attached hydrogen (secondary N) is 1. The van der Waals surface area contributed by atoms with Crippen molar-refractivity contribution in [1.29, 1.82) is 5.26 Å². The fourth-order valence-electron chi connectivity index (χ4n) is 4.40. The van der Waals surface area contributed by atoms with Gasteiger partial charge in [-0.2, -0.15) is 5.26 Å². The molecule has 1 amide bonds. The minimum absolute atomic E-state index is 0.0844. The molecule has 1 saturated heterocycles. The Bertz CT molecular complexity index is 1410. The molecule has 0 spiro atoms. The third-order valence-corrected chi connectivity index (χ3v) is 7.29. The number of hydrogen-bond acceptors (Lipinski definition) is 8. The molecule has 4 N–H and O–H groups in total. The maximum Gasteiger partial charge on any atom is 0.326 e. The number of thiophene rings is 1. The predicted octanol–water partition coefficient (Wildman–Crippen LogP) is 2.14. The van der Waals surface area contributed by atoms with Gasteiger partial charge in [-0.1, -0.05) is 32.0 Å². The smallest absolute Gasteiger partial charge is 0.326 e. The van der Waals surface area contributed by atoms with E-state index in [0.717, 1.165) is 24.2 Å². The van der Waals surface area contributed by atoms with Crippen LogP contribution in [-0.4, -0.2) is 51.7 Å². The Kier molecular flexibility index (Phi) is 7.37. The van der Waals surface area contributed by atoms with Gasteiger partial charge in [0.25, 0.3) is 11.5 Å². The molecule has 10 nitrogen and oxygen atoms in total. The normalized spacial score (nSPS) is 16.6. The van der Waals surface area contributed by atoms with Gasteiger partial charge in [0.2, 0.25) is 5.95 Å². The third-order valence-electron chi connectivity index (χ3n) is 6.33. The molecule has 1 aliphatic heterocycles. The lowest BCUT2D eigenvalue weighted by molar-refractivity contribution is -0.140. The van der Waals surface area contributed by atoms with E-state index in [1.807, 2.05) is 11.0 Å². The number of carboxylic acid groups (broad SMARTS) is 1. The minimum Gasteiger partial charge on any atom is -0.480 e. The van der Waals surface area contributed by atoms with Crippen molar-refractivity contribution in [3.05, 3.63) is 56.7 Å². The lowest BCUT2D eigenvalue weighted by Crippen LogP contribution is -2.45. The fourth-order valence-corrected chi connectivity index (χ4v) is 5.33. The number of aliphatic carboxylic acids is 1. The summed E-state index contributed by atoms with van der Waals surface area (Å²) in [7, 11) is 0.